The maximum atomic E-state index is 12.6. The van der Waals surface area contributed by atoms with Gasteiger partial charge in [-0.2, -0.15) is 0 Å². The molecule has 0 aromatic carbocycles. The van der Waals surface area contributed by atoms with Crippen molar-refractivity contribution in [2.24, 2.45) is 0 Å². The minimum atomic E-state index is -0.535. The molecular weight excluding hydrogens is 398 g/mol. The molecule has 0 saturated carbocycles. The Balaban J connectivity index is 0.00000113. The lowest BCUT2D eigenvalue weighted by molar-refractivity contribution is -0.132. The Morgan fingerprint density at radius 1 is 1.06 bits per heavy atom. The highest BCUT2D eigenvalue weighted by Gasteiger charge is 2.28. The molecule has 3 heterocycles. The average molecular weight is 436 g/mol. The van der Waals surface area contributed by atoms with Gasteiger partial charge in [0, 0.05) is 38.9 Å². The minimum absolute atomic E-state index is 0.207. The number of piperidine rings is 1. The van der Waals surface area contributed by atoms with E-state index in [1.807, 2.05) is 44.6 Å². The number of rotatable bonds is 3. The van der Waals surface area contributed by atoms with E-state index in [2.05, 4.69) is 0 Å². The molecule has 0 unspecified atom stereocenters. The Morgan fingerprint density at radius 2 is 1.71 bits per heavy atom. The summed E-state index contributed by atoms with van der Waals surface area (Å²) in [5.41, 5.74) is 1.39. The molecule has 1 fully saturated rings. The number of carbonyl (C=O) groups excluding carboxylic acids is 3. The third-order valence-electron chi connectivity index (χ3n) is 5.01. The van der Waals surface area contributed by atoms with E-state index in [1.54, 1.807) is 4.90 Å². The van der Waals surface area contributed by atoms with Crippen LogP contribution in [-0.4, -0.2) is 66.1 Å². The number of nitrogens with zero attached hydrogens (tertiary/aromatic N) is 3. The van der Waals surface area contributed by atoms with Gasteiger partial charge < -0.3 is 19.5 Å². The second kappa shape index (κ2) is 13.0. The Bertz CT molecular complexity index is 712. The van der Waals surface area contributed by atoms with Crippen LogP contribution >= 0.6 is 0 Å². The number of carbonyl (C=O) groups is 3. The topological polar surface area (TPSA) is 100 Å². The van der Waals surface area contributed by atoms with Crippen molar-refractivity contribution in [2.75, 3.05) is 31.6 Å². The van der Waals surface area contributed by atoms with Crippen LogP contribution in [0.1, 0.15) is 64.1 Å². The van der Waals surface area contributed by atoms with Crippen LogP contribution in [0.25, 0.3) is 0 Å². The highest BCUT2D eigenvalue weighted by atomic mass is 16.6. The Morgan fingerprint density at radius 3 is 2.32 bits per heavy atom. The normalized spacial score (nSPS) is 15.5. The first-order valence-electron chi connectivity index (χ1n) is 10.8. The third kappa shape index (κ3) is 8.28. The van der Waals surface area contributed by atoms with Gasteiger partial charge in [-0.25, -0.2) is 9.78 Å². The number of aliphatic hydroxyl groups is 1. The largest absolute Gasteiger partial charge is 0.443 e. The smallest absolute Gasteiger partial charge is 0.416 e. The molecule has 8 nitrogen and oxygen atoms in total. The molecule has 0 spiro atoms. The average Bonchev–Trinajstić information content (AvgIpc) is 2.79. The highest BCUT2D eigenvalue weighted by Crippen LogP contribution is 2.27. The zero-order chi connectivity index (χ0) is 23.4. The summed E-state index contributed by atoms with van der Waals surface area (Å²) in [4.78, 5) is 41.3. The van der Waals surface area contributed by atoms with Crippen LogP contribution in [0.5, 0.6) is 0 Å². The lowest BCUT2D eigenvalue weighted by Gasteiger charge is -2.31. The maximum Gasteiger partial charge on any atom is 0.416 e. The van der Waals surface area contributed by atoms with Gasteiger partial charge in [-0.3, -0.25) is 9.69 Å². The van der Waals surface area contributed by atoms with Crippen LogP contribution in [0.3, 0.4) is 0 Å². The Labute approximate surface area is 185 Å². The van der Waals surface area contributed by atoms with Gasteiger partial charge in [0.25, 0.3) is 0 Å². The Kier molecular flexibility index (Phi) is 11.2. The number of amides is 2. The number of hydrogen-bond acceptors (Lipinski definition) is 6. The molecule has 8 heteroatoms. The second-order valence-corrected chi connectivity index (χ2v) is 8.46. The monoisotopic (exact) mass is 435 g/mol. The Hall–Kier alpha value is -2.48. The van der Waals surface area contributed by atoms with E-state index in [0.29, 0.717) is 25.2 Å². The van der Waals surface area contributed by atoms with Crippen molar-refractivity contribution in [1.29, 1.82) is 0 Å². The number of ether oxygens (including phenoxy) is 1. The van der Waals surface area contributed by atoms with Gasteiger partial charge in [-0.1, -0.05) is 6.07 Å². The number of likely N-dealkylation sites (tertiary alicyclic amines) is 1. The van der Waals surface area contributed by atoms with E-state index < -0.39 is 5.60 Å². The molecule has 1 saturated heterocycles. The van der Waals surface area contributed by atoms with Crippen molar-refractivity contribution in [2.45, 2.75) is 71.3 Å². The van der Waals surface area contributed by atoms with Gasteiger partial charge in [0.2, 0.25) is 5.91 Å². The lowest BCUT2D eigenvalue weighted by atomic mass is 10.0. The third-order valence-corrected chi connectivity index (χ3v) is 5.01. The van der Waals surface area contributed by atoms with Crippen LogP contribution in [0.2, 0.25) is 0 Å². The fourth-order valence-corrected chi connectivity index (χ4v) is 3.65. The standard InChI is InChI=1S/C21H31N3O3.CH4O.CH2O/c1-21(2,3)27-20(26)24-15-7-8-16-9-10-17(22-19(16)24)11-12-18(25)23-13-5-4-6-14-23;2*1-2/h9-10H,4-8,11-15H2,1-3H3;2H,1H3;1H2. The predicted octanol–water partition coefficient (Wildman–Crippen LogP) is 3.14. The molecule has 0 radical (unpaired) electrons. The molecule has 1 aromatic rings. The molecule has 31 heavy (non-hydrogen) atoms. The van der Waals surface area contributed by atoms with Gasteiger partial charge in [0.05, 0.1) is 0 Å². The molecule has 1 aromatic heterocycles. The van der Waals surface area contributed by atoms with Gasteiger partial charge in [-0.05, 0) is 70.9 Å². The summed E-state index contributed by atoms with van der Waals surface area (Å²) in [5, 5.41) is 7.00. The minimum Gasteiger partial charge on any atom is -0.443 e. The quantitative estimate of drug-likeness (QED) is 0.783. The highest BCUT2D eigenvalue weighted by molar-refractivity contribution is 5.88. The van der Waals surface area contributed by atoms with Gasteiger partial charge in [0.1, 0.15) is 18.2 Å². The predicted molar refractivity (Wildman–Crippen MR) is 120 cm³/mol. The first-order valence-corrected chi connectivity index (χ1v) is 10.8. The van der Waals surface area contributed by atoms with E-state index >= 15 is 0 Å². The summed E-state index contributed by atoms with van der Waals surface area (Å²) in [6, 6.07) is 4.03. The summed E-state index contributed by atoms with van der Waals surface area (Å²) in [7, 11) is 1.00. The van der Waals surface area contributed by atoms with Crippen LogP contribution in [0, 0.1) is 0 Å². The van der Waals surface area contributed by atoms with Crippen molar-refractivity contribution in [3.63, 3.8) is 0 Å². The van der Waals surface area contributed by atoms with Crippen molar-refractivity contribution in [1.82, 2.24) is 9.88 Å². The van der Waals surface area contributed by atoms with Crippen LogP contribution < -0.4 is 4.90 Å². The molecule has 2 amide bonds. The van der Waals surface area contributed by atoms with E-state index in [-0.39, 0.29) is 12.0 Å². The molecule has 0 bridgehead atoms. The van der Waals surface area contributed by atoms with E-state index in [0.717, 1.165) is 57.1 Å². The zero-order valence-electron chi connectivity index (χ0n) is 19.4. The summed E-state index contributed by atoms with van der Waals surface area (Å²) in [6.45, 7) is 9.97. The number of pyridine rings is 1. The van der Waals surface area contributed by atoms with E-state index in [4.69, 9.17) is 19.6 Å². The lowest BCUT2D eigenvalue weighted by Crippen LogP contribution is -2.40. The fourth-order valence-electron chi connectivity index (χ4n) is 3.65. The van der Waals surface area contributed by atoms with Crippen LogP contribution in [0.4, 0.5) is 10.6 Å². The molecule has 0 aliphatic carbocycles. The van der Waals surface area contributed by atoms with Crippen molar-refractivity contribution in [3.05, 3.63) is 23.4 Å². The van der Waals surface area contributed by atoms with Gasteiger partial charge in [-0.15, -0.1) is 0 Å². The molecule has 3 rings (SSSR count). The number of fused-ring (bicyclic) bond motifs is 1. The molecule has 174 valence electrons. The SMILES string of the molecule is C=O.CC(C)(C)OC(=O)N1CCCc2ccc(CCC(=O)N3CCCCC3)nc21.CO. The molecule has 1 N–H and O–H groups in total. The fraction of sp³-hybridized carbons (Fsp3) is 0.652. The summed E-state index contributed by atoms with van der Waals surface area (Å²) in [6.07, 6.45) is 5.97. The zero-order valence-corrected chi connectivity index (χ0v) is 19.4. The summed E-state index contributed by atoms with van der Waals surface area (Å²) < 4.78 is 5.54. The number of anilines is 1. The van der Waals surface area contributed by atoms with Crippen LogP contribution in [-0.2, 0) is 27.2 Å². The summed E-state index contributed by atoms with van der Waals surface area (Å²) in [5.74, 6) is 0.900. The van der Waals surface area contributed by atoms with Crippen molar-refractivity contribution >= 4 is 24.6 Å². The second-order valence-electron chi connectivity index (χ2n) is 8.46. The van der Waals surface area contributed by atoms with E-state index in [9.17, 15) is 9.59 Å². The number of hydrogen-bond donors (Lipinski definition) is 1. The van der Waals surface area contributed by atoms with Gasteiger partial charge >= 0.3 is 6.09 Å². The van der Waals surface area contributed by atoms with E-state index in [1.165, 1.54) is 6.42 Å². The number of aliphatic hydroxyl groups excluding tert-OH is 1. The number of aromatic nitrogens is 1. The maximum absolute atomic E-state index is 12.6. The van der Waals surface area contributed by atoms with Crippen LogP contribution in [0.15, 0.2) is 12.1 Å². The first-order chi connectivity index (χ1) is 14.8. The molecular formula is C23H37N3O5. The molecule has 2 aliphatic heterocycles. The summed E-state index contributed by atoms with van der Waals surface area (Å²) >= 11 is 0. The van der Waals surface area contributed by atoms with Crippen molar-refractivity contribution < 1.29 is 24.2 Å². The van der Waals surface area contributed by atoms with Crippen molar-refractivity contribution in [3.8, 4) is 0 Å². The molecule has 2 aliphatic rings. The molecule has 0 atom stereocenters. The number of aryl methyl sites for hydroxylation is 2. The first kappa shape index (κ1) is 26.6. The van der Waals surface area contributed by atoms with Gasteiger partial charge in [0.15, 0.2) is 0 Å².